The van der Waals surface area contributed by atoms with E-state index in [1.807, 2.05) is 11.0 Å². The van der Waals surface area contributed by atoms with E-state index in [0.29, 0.717) is 32.0 Å². The third-order valence-corrected chi connectivity index (χ3v) is 3.70. The van der Waals surface area contributed by atoms with Gasteiger partial charge in [0.25, 0.3) is 5.91 Å². The molecule has 7 heteroatoms. The number of nitrogens with one attached hydrogen (secondary N) is 1. The minimum Gasteiger partial charge on any atom is -0.378 e. The van der Waals surface area contributed by atoms with Gasteiger partial charge in [-0.1, -0.05) is 6.07 Å². The molecule has 2 aliphatic rings. The minimum atomic E-state index is 0. The van der Waals surface area contributed by atoms with Gasteiger partial charge in [0.2, 0.25) is 0 Å². The second-order valence-electron chi connectivity index (χ2n) is 4.96. The number of amides is 1. The zero-order chi connectivity index (χ0) is 13.1. The normalized spacial score (nSPS) is 17.8. The molecule has 1 saturated heterocycles. The van der Waals surface area contributed by atoms with Crippen molar-refractivity contribution in [2.75, 3.05) is 39.4 Å². The van der Waals surface area contributed by atoms with Crippen LogP contribution in [0.5, 0.6) is 0 Å². The monoisotopic (exact) mass is 333 g/mol. The maximum atomic E-state index is 12.4. The summed E-state index contributed by atoms with van der Waals surface area (Å²) in [6.07, 6.45) is 1.90. The molecule has 0 bridgehead atoms. The molecule has 0 spiro atoms. The van der Waals surface area contributed by atoms with Crippen molar-refractivity contribution in [1.82, 2.24) is 15.2 Å². The first-order chi connectivity index (χ1) is 9.34. The summed E-state index contributed by atoms with van der Waals surface area (Å²) in [6, 6.07) is 3.92. The largest absolute Gasteiger partial charge is 0.378 e. The van der Waals surface area contributed by atoms with Gasteiger partial charge >= 0.3 is 0 Å². The molecule has 3 heterocycles. The Kier molecular flexibility index (Phi) is 7.39. The van der Waals surface area contributed by atoms with E-state index >= 15 is 0 Å². The molecule has 0 saturated carbocycles. The number of halogens is 2. The van der Waals surface area contributed by atoms with Crippen molar-refractivity contribution in [2.24, 2.45) is 0 Å². The van der Waals surface area contributed by atoms with Crippen LogP contribution in [0.4, 0.5) is 0 Å². The number of fused-ring (bicyclic) bond motifs is 1. The number of rotatable bonds is 1. The van der Waals surface area contributed by atoms with Crippen LogP contribution in [0.2, 0.25) is 0 Å². The van der Waals surface area contributed by atoms with Crippen LogP contribution in [0.1, 0.15) is 21.7 Å². The summed E-state index contributed by atoms with van der Waals surface area (Å²) in [4.78, 5) is 18.8. The number of morpholine rings is 1. The van der Waals surface area contributed by atoms with Crippen molar-refractivity contribution in [3.05, 3.63) is 29.1 Å². The Morgan fingerprint density at radius 3 is 2.62 bits per heavy atom. The predicted octanol–water partition coefficient (Wildman–Crippen LogP) is 1.09. The van der Waals surface area contributed by atoms with Crippen molar-refractivity contribution >= 4 is 30.7 Å². The van der Waals surface area contributed by atoms with Crippen molar-refractivity contribution in [3.8, 4) is 0 Å². The maximum absolute atomic E-state index is 12.4. The zero-order valence-electron chi connectivity index (χ0n) is 11.8. The highest BCUT2D eigenvalue weighted by Gasteiger charge is 2.20. The second kappa shape index (κ2) is 8.54. The van der Waals surface area contributed by atoms with Gasteiger partial charge in [0.1, 0.15) is 5.69 Å². The second-order valence-corrected chi connectivity index (χ2v) is 4.96. The fourth-order valence-corrected chi connectivity index (χ4v) is 2.58. The number of carbonyl (C=O) groups excluding carboxylic acids is 1. The molecule has 1 amide bonds. The number of hydrogen-bond donors (Lipinski definition) is 1. The number of pyridine rings is 1. The summed E-state index contributed by atoms with van der Waals surface area (Å²) in [5, 5.41) is 3.35. The van der Waals surface area contributed by atoms with E-state index in [1.54, 1.807) is 0 Å². The van der Waals surface area contributed by atoms with Gasteiger partial charge in [0.15, 0.2) is 0 Å². The van der Waals surface area contributed by atoms with Crippen LogP contribution in [0.25, 0.3) is 0 Å². The highest BCUT2D eigenvalue weighted by atomic mass is 35.5. The highest BCUT2D eigenvalue weighted by Crippen LogP contribution is 2.13. The van der Waals surface area contributed by atoms with Gasteiger partial charge < -0.3 is 15.0 Å². The number of carbonyl (C=O) groups is 1. The predicted molar refractivity (Wildman–Crippen MR) is 85.7 cm³/mol. The first-order valence-corrected chi connectivity index (χ1v) is 6.91. The molecule has 0 aromatic carbocycles. The van der Waals surface area contributed by atoms with E-state index in [4.69, 9.17) is 4.74 Å². The molecule has 21 heavy (non-hydrogen) atoms. The fraction of sp³-hybridized carbons (Fsp3) is 0.571. The fourth-order valence-electron chi connectivity index (χ4n) is 2.58. The minimum absolute atomic E-state index is 0. The summed E-state index contributed by atoms with van der Waals surface area (Å²) >= 11 is 0. The van der Waals surface area contributed by atoms with Crippen molar-refractivity contribution < 1.29 is 9.53 Å². The smallest absolute Gasteiger partial charge is 0.272 e. The summed E-state index contributed by atoms with van der Waals surface area (Å²) in [5.74, 6) is 0.0308. The van der Waals surface area contributed by atoms with E-state index in [0.717, 1.165) is 31.6 Å². The lowest BCUT2D eigenvalue weighted by Crippen LogP contribution is -2.41. The molecule has 3 rings (SSSR count). The van der Waals surface area contributed by atoms with E-state index in [9.17, 15) is 4.79 Å². The number of ether oxygens (including phenoxy) is 1. The first kappa shape index (κ1) is 18.2. The molecule has 2 aliphatic heterocycles. The van der Waals surface area contributed by atoms with Gasteiger partial charge in [-0.15, -0.1) is 24.8 Å². The number of aromatic nitrogens is 1. The van der Waals surface area contributed by atoms with Crippen LogP contribution in [0.15, 0.2) is 12.1 Å². The van der Waals surface area contributed by atoms with Gasteiger partial charge in [-0.05, 0) is 24.6 Å². The Bertz CT molecular complexity index is 479. The summed E-state index contributed by atoms with van der Waals surface area (Å²) in [7, 11) is 0. The highest BCUT2D eigenvalue weighted by molar-refractivity contribution is 5.92. The average Bonchev–Trinajstić information content (AvgIpc) is 2.72. The third kappa shape index (κ3) is 4.30. The topological polar surface area (TPSA) is 54.5 Å². The van der Waals surface area contributed by atoms with E-state index in [1.165, 1.54) is 5.56 Å². The standard InChI is InChI=1S/C14H19N3O2.2ClH/c18-14(17-7-9-19-10-8-17)13-2-1-11-3-5-15-6-4-12(11)16-13;;/h1-2,15H,3-10H2;2*1H. The van der Waals surface area contributed by atoms with Crippen LogP contribution in [-0.2, 0) is 17.6 Å². The average molecular weight is 334 g/mol. The van der Waals surface area contributed by atoms with E-state index < -0.39 is 0 Å². The molecule has 0 aliphatic carbocycles. The van der Waals surface area contributed by atoms with Gasteiger partial charge in [-0.3, -0.25) is 4.79 Å². The van der Waals surface area contributed by atoms with Crippen LogP contribution in [-0.4, -0.2) is 55.2 Å². The van der Waals surface area contributed by atoms with Crippen LogP contribution in [0, 0.1) is 0 Å². The Balaban J connectivity index is 0.00000110. The van der Waals surface area contributed by atoms with Gasteiger partial charge in [0.05, 0.1) is 13.2 Å². The van der Waals surface area contributed by atoms with Gasteiger partial charge in [0, 0.05) is 31.7 Å². The molecular formula is C14H21Cl2N3O2. The van der Waals surface area contributed by atoms with Crippen molar-refractivity contribution in [2.45, 2.75) is 12.8 Å². The molecule has 0 atom stereocenters. The van der Waals surface area contributed by atoms with Crippen LogP contribution < -0.4 is 5.32 Å². The summed E-state index contributed by atoms with van der Waals surface area (Å²) in [5.41, 5.74) is 2.91. The molecule has 118 valence electrons. The summed E-state index contributed by atoms with van der Waals surface area (Å²) < 4.78 is 5.27. The molecule has 1 aromatic rings. The Hall–Kier alpha value is -0.880. The van der Waals surface area contributed by atoms with Crippen molar-refractivity contribution in [3.63, 3.8) is 0 Å². The third-order valence-electron chi connectivity index (χ3n) is 3.70. The lowest BCUT2D eigenvalue weighted by Gasteiger charge is -2.26. The van der Waals surface area contributed by atoms with E-state index in [2.05, 4.69) is 16.4 Å². The molecule has 1 aromatic heterocycles. The van der Waals surface area contributed by atoms with Crippen molar-refractivity contribution in [1.29, 1.82) is 0 Å². The van der Waals surface area contributed by atoms with Crippen LogP contribution >= 0.6 is 24.8 Å². The van der Waals surface area contributed by atoms with Gasteiger partial charge in [-0.25, -0.2) is 4.98 Å². The molecule has 1 N–H and O–H groups in total. The summed E-state index contributed by atoms with van der Waals surface area (Å²) in [6.45, 7) is 4.51. The molecule has 0 radical (unpaired) electrons. The Morgan fingerprint density at radius 1 is 1.14 bits per heavy atom. The van der Waals surface area contributed by atoms with E-state index in [-0.39, 0.29) is 30.7 Å². The molecule has 0 unspecified atom stereocenters. The first-order valence-electron chi connectivity index (χ1n) is 6.91. The lowest BCUT2D eigenvalue weighted by atomic mass is 10.1. The van der Waals surface area contributed by atoms with Gasteiger partial charge in [-0.2, -0.15) is 0 Å². The molecule has 1 fully saturated rings. The SMILES string of the molecule is Cl.Cl.O=C(c1ccc2c(n1)CCNCC2)N1CCOCC1. The Labute approximate surface area is 137 Å². The number of hydrogen-bond acceptors (Lipinski definition) is 4. The molecular weight excluding hydrogens is 313 g/mol. The Morgan fingerprint density at radius 2 is 1.86 bits per heavy atom. The lowest BCUT2D eigenvalue weighted by molar-refractivity contribution is 0.0299. The zero-order valence-corrected chi connectivity index (χ0v) is 13.5. The quantitative estimate of drug-likeness (QED) is 0.835. The number of nitrogens with zero attached hydrogens (tertiary/aromatic N) is 2. The van der Waals surface area contributed by atoms with Crippen LogP contribution in [0.3, 0.4) is 0 Å². The maximum Gasteiger partial charge on any atom is 0.272 e. The molecule has 5 nitrogen and oxygen atoms in total.